The molecule has 0 unspecified atom stereocenters. The Labute approximate surface area is 230 Å². The van der Waals surface area contributed by atoms with Crippen molar-refractivity contribution < 1.29 is 9.15 Å². The summed E-state index contributed by atoms with van der Waals surface area (Å²) in [6, 6.07) is 18.8. The quantitative estimate of drug-likeness (QED) is 0.357. The van der Waals surface area contributed by atoms with Gasteiger partial charge in [-0.05, 0) is 44.5 Å². The van der Waals surface area contributed by atoms with E-state index in [4.69, 9.17) is 24.9 Å². The minimum absolute atomic E-state index is 0.200. The zero-order valence-corrected chi connectivity index (χ0v) is 23.2. The van der Waals surface area contributed by atoms with Crippen LogP contribution in [0.25, 0.3) is 33.6 Å². The fourth-order valence-electron chi connectivity index (χ4n) is 5.64. The van der Waals surface area contributed by atoms with Crippen molar-refractivity contribution in [3.05, 3.63) is 60.2 Å². The van der Waals surface area contributed by atoms with Crippen LogP contribution in [0.15, 0.2) is 59.0 Å². The van der Waals surface area contributed by atoms with Crippen molar-refractivity contribution in [1.82, 2.24) is 19.8 Å². The van der Waals surface area contributed by atoms with Crippen LogP contribution in [0.3, 0.4) is 0 Å². The molecule has 1 aliphatic heterocycles. The van der Waals surface area contributed by atoms with E-state index in [9.17, 15) is 0 Å². The predicted molar refractivity (Wildman–Crippen MR) is 156 cm³/mol. The largest absolute Gasteiger partial charge is 0.480 e. The first-order valence-corrected chi connectivity index (χ1v) is 13.9. The minimum Gasteiger partial charge on any atom is -0.480 e. The fourth-order valence-corrected chi connectivity index (χ4v) is 5.64. The van der Waals surface area contributed by atoms with Crippen molar-refractivity contribution in [2.24, 2.45) is 5.73 Å². The van der Waals surface area contributed by atoms with Gasteiger partial charge in [0, 0.05) is 55.9 Å². The highest BCUT2D eigenvalue weighted by Gasteiger charge is 2.34. The summed E-state index contributed by atoms with van der Waals surface area (Å²) in [5.74, 6) is 1.95. The monoisotopic (exact) mass is 526 g/mol. The molecule has 0 amide bonds. The molecule has 39 heavy (non-hydrogen) atoms. The van der Waals surface area contributed by atoms with E-state index >= 15 is 0 Å². The number of piperazine rings is 1. The van der Waals surface area contributed by atoms with Gasteiger partial charge in [-0.1, -0.05) is 54.6 Å². The third-order valence-corrected chi connectivity index (χ3v) is 8.25. The Bertz CT molecular complexity index is 1420. The lowest BCUT2D eigenvalue weighted by Crippen LogP contribution is -2.48. The molecule has 8 nitrogen and oxygen atoms in total. The third-order valence-electron chi connectivity index (χ3n) is 8.25. The molecule has 2 N–H and O–H groups in total. The Kier molecular flexibility index (Phi) is 7.01. The first-order valence-electron chi connectivity index (χ1n) is 13.9. The summed E-state index contributed by atoms with van der Waals surface area (Å²) in [4.78, 5) is 16.8. The highest BCUT2D eigenvalue weighted by atomic mass is 16.5. The van der Waals surface area contributed by atoms with Crippen molar-refractivity contribution >= 4 is 17.0 Å². The van der Waals surface area contributed by atoms with Gasteiger partial charge in [-0.2, -0.15) is 9.97 Å². The number of hydrogen-bond donors (Lipinski definition) is 1. The smallest absolute Gasteiger partial charge is 0.236 e. The second-order valence-electron chi connectivity index (χ2n) is 11.1. The van der Waals surface area contributed by atoms with Gasteiger partial charge >= 0.3 is 0 Å². The molecule has 4 aromatic rings. The number of benzene rings is 2. The Morgan fingerprint density at radius 3 is 2.28 bits per heavy atom. The number of aromatic nitrogens is 2. The standard InChI is InChI=1S/C31H38N6O2/c1-35(2)16-17-36-18-20-37(21-19-36)30-33-28(38-3)26-25(22-8-5-4-6-9-22)27(39-29(26)34-30)23-10-12-24(13-11-23)31(32)14-7-15-31/h4-6,8-13H,7,14-21,32H2,1-3H3. The molecule has 2 fully saturated rings. The number of methoxy groups -OCH3 is 1. The summed E-state index contributed by atoms with van der Waals surface area (Å²) in [5, 5.41) is 0.797. The number of furan rings is 1. The number of nitrogens with two attached hydrogens (primary N) is 1. The highest BCUT2D eigenvalue weighted by Crippen LogP contribution is 2.45. The molecule has 0 spiro atoms. The molecule has 6 rings (SSSR count). The van der Waals surface area contributed by atoms with Gasteiger partial charge in [0.25, 0.3) is 0 Å². The van der Waals surface area contributed by atoms with Crippen LogP contribution < -0.4 is 15.4 Å². The van der Waals surface area contributed by atoms with Crippen LogP contribution in [0.2, 0.25) is 0 Å². The molecular weight excluding hydrogens is 488 g/mol. The van der Waals surface area contributed by atoms with E-state index in [1.54, 1.807) is 7.11 Å². The SMILES string of the molecule is COc1nc(N2CCN(CCN(C)C)CC2)nc2oc(-c3ccc(C4(N)CCC4)cc3)c(-c3ccccc3)c12. The zero-order chi connectivity index (χ0) is 27.0. The maximum atomic E-state index is 6.59. The van der Waals surface area contributed by atoms with Crippen molar-refractivity contribution in [3.63, 3.8) is 0 Å². The van der Waals surface area contributed by atoms with E-state index in [1.165, 1.54) is 12.0 Å². The molecule has 1 saturated heterocycles. The molecule has 2 aromatic heterocycles. The van der Waals surface area contributed by atoms with Gasteiger partial charge in [0.05, 0.1) is 7.11 Å². The molecule has 1 aliphatic carbocycles. The summed E-state index contributed by atoms with van der Waals surface area (Å²) in [6.07, 6.45) is 3.25. The van der Waals surface area contributed by atoms with Crippen molar-refractivity contribution in [2.75, 3.05) is 65.4 Å². The summed E-state index contributed by atoms with van der Waals surface area (Å²) in [6.45, 7) is 5.81. The first kappa shape index (κ1) is 25.8. The van der Waals surface area contributed by atoms with Gasteiger partial charge in [-0.15, -0.1) is 0 Å². The van der Waals surface area contributed by atoms with Crippen LogP contribution in [0.1, 0.15) is 24.8 Å². The lowest BCUT2D eigenvalue weighted by Gasteiger charge is -2.38. The van der Waals surface area contributed by atoms with E-state index < -0.39 is 0 Å². The number of nitrogens with zero attached hydrogens (tertiary/aromatic N) is 5. The van der Waals surface area contributed by atoms with Crippen LogP contribution in [0.5, 0.6) is 5.88 Å². The molecular formula is C31H38N6O2. The zero-order valence-electron chi connectivity index (χ0n) is 23.2. The minimum atomic E-state index is -0.200. The molecule has 1 saturated carbocycles. The van der Waals surface area contributed by atoms with Crippen molar-refractivity contribution in [3.8, 4) is 28.3 Å². The van der Waals surface area contributed by atoms with Crippen LogP contribution in [0.4, 0.5) is 5.95 Å². The van der Waals surface area contributed by atoms with E-state index in [0.717, 1.165) is 79.9 Å². The second kappa shape index (κ2) is 10.6. The van der Waals surface area contributed by atoms with E-state index in [0.29, 0.717) is 17.5 Å². The lowest BCUT2D eigenvalue weighted by atomic mass is 9.72. The fraction of sp³-hybridized carbons (Fsp3) is 0.419. The summed E-state index contributed by atoms with van der Waals surface area (Å²) in [5.41, 5.74) is 11.1. The molecule has 204 valence electrons. The molecule has 0 bridgehead atoms. The normalized spacial score (nSPS) is 17.5. The number of fused-ring (bicyclic) bond motifs is 1. The average molecular weight is 527 g/mol. The van der Waals surface area contributed by atoms with Gasteiger partial charge < -0.3 is 24.7 Å². The summed E-state index contributed by atoms with van der Waals surface area (Å²) < 4.78 is 12.4. The maximum Gasteiger partial charge on any atom is 0.236 e. The first-order chi connectivity index (χ1) is 18.9. The van der Waals surface area contributed by atoms with Gasteiger partial charge in [-0.25, -0.2) is 0 Å². The number of rotatable bonds is 8. The van der Waals surface area contributed by atoms with Gasteiger partial charge in [0.2, 0.25) is 17.5 Å². The lowest BCUT2D eigenvalue weighted by molar-refractivity contribution is 0.228. The molecule has 8 heteroatoms. The van der Waals surface area contributed by atoms with Crippen LogP contribution in [-0.4, -0.2) is 80.2 Å². The topological polar surface area (TPSA) is 83.9 Å². The number of hydrogen-bond acceptors (Lipinski definition) is 8. The maximum absolute atomic E-state index is 6.59. The Hall–Kier alpha value is -3.46. The third kappa shape index (κ3) is 5.00. The molecule has 3 heterocycles. The summed E-state index contributed by atoms with van der Waals surface area (Å²) in [7, 11) is 5.90. The van der Waals surface area contributed by atoms with Crippen LogP contribution >= 0.6 is 0 Å². The van der Waals surface area contributed by atoms with Gasteiger partial charge in [0.1, 0.15) is 11.1 Å². The summed E-state index contributed by atoms with van der Waals surface area (Å²) >= 11 is 0. The highest BCUT2D eigenvalue weighted by molar-refractivity contribution is 6.03. The average Bonchev–Trinajstić information content (AvgIpc) is 3.35. The second-order valence-corrected chi connectivity index (χ2v) is 11.1. The predicted octanol–water partition coefficient (Wildman–Crippen LogP) is 4.59. The van der Waals surface area contributed by atoms with E-state index in [1.807, 2.05) is 18.2 Å². The van der Waals surface area contributed by atoms with E-state index in [-0.39, 0.29) is 5.54 Å². The van der Waals surface area contributed by atoms with Gasteiger partial charge in [-0.3, -0.25) is 4.90 Å². The molecule has 0 atom stereocenters. The molecule has 2 aliphatic rings. The van der Waals surface area contributed by atoms with Crippen LogP contribution in [-0.2, 0) is 5.54 Å². The Morgan fingerprint density at radius 1 is 0.949 bits per heavy atom. The van der Waals surface area contributed by atoms with Gasteiger partial charge in [0.15, 0.2) is 0 Å². The Morgan fingerprint density at radius 2 is 1.67 bits per heavy atom. The van der Waals surface area contributed by atoms with Crippen molar-refractivity contribution in [2.45, 2.75) is 24.8 Å². The van der Waals surface area contributed by atoms with Crippen molar-refractivity contribution in [1.29, 1.82) is 0 Å². The molecule has 2 aromatic carbocycles. The number of likely N-dealkylation sites (N-methyl/N-ethyl adjacent to an activating group) is 1. The number of anilines is 1. The Balaban J connectivity index is 1.38. The molecule has 0 radical (unpaired) electrons. The number of ether oxygens (including phenoxy) is 1. The van der Waals surface area contributed by atoms with E-state index in [2.05, 4.69) is 65.2 Å². The van der Waals surface area contributed by atoms with Crippen LogP contribution in [0, 0.1) is 0 Å².